The van der Waals surface area contributed by atoms with E-state index in [0.717, 1.165) is 16.6 Å². The molecule has 7 heteroatoms. The van der Waals surface area contributed by atoms with Crippen LogP contribution in [0.1, 0.15) is 51.3 Å². The van der Waals surface area contributed by atoms with E-state index in [1.54, 1.807) is 6.07 Å². The van der Waals surface area contributed by atoms with Gasteiger partial charge in [0.1, 0.15) is 0 Å². The average molecular weight is 462 g/mol. The molecule has 0 aliphatic heterocycles. The molecule has 4 N–H and O–H groups in total. The Hall–Kier alpha value is -3.50. The lowest BCUT2D eigenvalue weighted by Gasteiger charge is -2.24. The van der Waals surface area contributed by atoms with Gasteiger partial charge in [-0.15, -0.1) is 0 Å². The van der Waals surface area contributed by atoms with Crippen LogP contribution in [0.15, 0.2) is 42.5 Å². The summed E-state index contributed by atoms with van der Waals surface area (Å²) in [5.74, 6) is -0.728. The highest BCUT2D eigenvalue weighted by Gasteiger charge is 2.51. The molecule has 0 spiro atoms. The van der Waals surface area contributed by atoms with Crippen LogP contribution < -0.4 is 5.32 Å². The fraction of sp³-hybridized carbons (Fsp3) is 0.407. The Labute approximate surface area is 199 Å². The van der Waals surface area contributed by atoms with Crippen molar-refractivity contribution in [2.24, 2.45) is 5.92 Å². The topological polar surface area (TPSA) is 119 Å². The Balaban J connectivity index is 1.64. The maximum absolute atomic E-state index is 13.2. The predicted octanol–water partition coefficient (Wildman–Crippen LogP) is 4.54. The summed E-state index contributed by atoms with van der Waals surface area (Å²) in [7, 11) is 0. The van der Waals surface area contributed by atoms with Crippen LogP contribution >= 0.6 is 0 Å². The smallest absolute Gasteiger partial charge is 0.235 e. The van der Waals surface area contributed by atoms with E-state index in [-0.39, 0.29) is 41.8 Å². The molecule has 1 aromatic heterocycles. The van der Waals surface area contributed by atoms with Crippen LogP contribution in [0.5, 0.6) is 11.5 Å². The minimum atomic E-state index is -0.700. The van der Waals surface area contributed by atoms with Crippen molar-refractivity contribution in [3.05, 3.63) is 53.7 Å². The van der Waals surface area contributed by atoms with Crippen molar-refractivity contribution >= 4 is 22.5 Å². The second-order valence-corrected chi connectivity index (χ2v) is 10.3. The number of hydrogen-bond donors (Lipinski definition) is 4. The number of nitriles is 1. The number of phenolic OH excluding ortho intramolecular Hbond substituents is 2. The van der Waals surface area contributed by atoms with Gasteiger partial charge in [-0.25, -0.2) is 0 Å². The van der Waals surface area contributed by atoms with Crippen LogP contribution in [-0.4, -0.2) is 32.4 Å². The average Bonchev–Trinajstić information content (AvgIpc) is 3.52. The lowest BCUT2D eigenvalue weighted by atomic mass is 9.91. The number of amides is 1. The van der Waals surface area contributed by atoms with Crippen LogP contribution in [-0.2, 0) is 22.2 Å². The monoisotopic (exact) mass is 461 g/mol. The molecule has 1 saturated carbocycles. The van der Waals surface area contributed by atoms with Gasteiger partial charge in [-0.05, 0) is 54.8 Å². The predicted molar refractivity (Wildman–Crippen MR) is 131 cm³/mol. The Morgan fingerprint density at radius 3 is 2.47 bits per heavy atom. The number of aliphatic hydroxyl groups is 1. The van der Waals surface area contributed by atoms with Gasteiger partial charge in [0, 0.05) is 53.2 Å². The second kappa shape index (κ2) is 8.69. The number of nitrogens with zero attached hydrogens (tertiary/aromatic N) is 2. The number of hydrogen-bond acceptors (Lipinski definition) is 5. The van der Waals surface area contributed by atoms with Crippen molar-refractivity contribution in [2.45, 2.75) is 57.4 Å². The molecule has 1 heterocycles. The summed E-state index contributed by atoms with van der Waals surface area (Å²) < 4.78 is 2.17. The summed E-state index contributed by atoms with van der Waals surface area (Å²) in [4.78, 5) is 13.2. The van der Waals surface area contributed by atoms with Gasteiger partial charge < -0.3 is 25.2 Å². The molecule has 0 bridgehead atoms. The summed E-state index contributed by atoms with van der Waals surface area (Å²) in [5, 5.41) is 42.3. The lowest BCUT2D eigenvalue weighted by Crippen LogP contribution is -2.27. The molecule has 1 aliphatic rings. The Bertz CT molecular complexity index is 1280. The summed E-state index contributed by atoms with van der Waals surface area (Å²) in [6.07, 6.45) is 1.64. The van der Waals surface area contributed by atoms with E-state index in [1.807, 2.05) is 18.2 Å². The molecule has 7 nitrogen and oxygen atoms in total. The third kappa shape index (κ3) is 4.34. The number of benzene rings is 2. The number of rotatable bonds is 7. The first-order chi connectivity index (χ1) is 16.1. The largest absolute Gasteiger partial charge is 0.504 e. The van der Waals surface area contributed by atoms with Crippen LogP contribution in [0.25, 0.3) is 10.9 Å². The Morgan fingerprint density at radius 2 is 1.88 bits per heavy atom. The fourth-order valence-electron chi connectivity index (χ4n) is 4.58. The maximum atomic E-state index is 13.2. The van der Waals surface area contributed by atoms with E-state index in [0.29, 0.717) is 30.6 Å². The van der Waals surface area contributed by atoms with Crippen LogP contribution in [0.3, 0.4) is 0 Å². The molecule has 34 heavy (non-hydrogen) atoms. The number of carbonyl (C=O) groups is 1. The van der Waals surface area contributed by atoms with Crippen molar-refractivity contribution in [3.63, 3.8) is 0 Å². The van der Waals surface area contributed by atoms with Gasteiger partial charge in [-0.1, -0.05) is 26.8 Å². The number of fused-ring (bicyclic) bond motifs is 1. The minimum Gasteiger partial charge on any atom is -0.504 e. The highest BCUT2D eigenvalue weighted by atomic mass is 16.3. The minimum absolute atomic E-state index is 0.0557. The number of nitrogens with one attached hydrogen (secondary N) is 1. The fourth-order valence-corrected chi connectivity index (χ4v) is 4.58. The van der Waals surface area contributed by atoms with E-state index in [9.17, 15) is 20.1 Å². The van der Waals surface area contributed by atoms with Gasteiger partial charge in [0.2, 0.25) is 5.91 Å². The van der Waals surface area contributed by atoms with Gasteiger partial charge in [-0.2, -0.15) is 5.26 Å². The van der Waals surface area contributed by atoms with Crippen molar-refractivity contribution in [2.75, 3.05) is 11.9 Å². The van der Waals surface area contributed by atoms with Gasteiger partial charge >= 0.3 is 0 Å². The first-order valence-electron chi connectivity index (χ1n) is 11.5. The maximum Gasteiger partial charge on any atom is 0.235 e. The molecule has 1 aliphatic carbocycles. The van der Waals surface area contributed by atoms with Gasteiger partial charge in [0.05, 0.1) is 11.5 Å². The molecule has 3 aromatic rings. The standard InChI is InChI=1S/C27H31N3O4/c1-26(2,3)24-13-18-12-20(5-6-21(18)30(24)15-17(16-31)8-11-28)29-25(34)27(9-10-27)19-4-7-22(32)23(33)14-19/h4-7,12-14,17,31-33H,8-10,15-16H2,1-3H3,(H,29,34). The normalized spacial score (nSPS) is 15.6. The number of carbonyl (C=O) groups excluding carboxylic acids is 1. The van der Waals surface area contributed by atoms with E-state index in [2.05, 4.69) is 42.8 Å². The zero-order chi connectivity index (χ0) is 24.7. The lowest BCUT2D eigenvalue weighted by molar-refractivity contribution is -0.118. The highest BCUT2D eigenvalue weighted by Crippen LogP contribution is 2.50. The molecular weight excluding hydrogens is 430 g/mol. The molecule has 178 valence electrons. The van der Waals surface area contributed by atoms with Crippen LogP contribution in [0, 0.1) is 17.2 Å². The van der Waals surface area contributed by atoms with Crippen LogP contribution in [0.4, 0.5) is 5.69 Å². The van der Waals surface area contributed by atoms with E-state index in [4.69, 9.17) is 5.26 Å². The molecule has 0 saturated heterocycles. The number of aromatic hydroxyl groups is 2. The molecular formula is C27H31N3O4. The van der Waals surface area contributed by atoms with Gasteiger partial charge in [-0.3, -0.25) is 4.79 Å². The van der Waals surface area contributed by atoms with Crippen molar-refractivity contribution in [1.29, 1.82) is 5.26 Å². The molecule has 0 radical (unpaired) electrons. The molecule has 1 atom stereocenters. The number of aromatic nitrogens is 1. The molecule has 1 amide bonds. The molecule has 4 rings (SSSR count). The van der Waals surface area contributed by atoms with Gasteiger partial charge in [0.15, 0.2) is 11.5 Å². The van der Waals surface area contributed by atoms with Gasteiger partial charge in [0.25, 0.3) is 0 Å². The first-order valence-corrected chi connectivity index (χ1v) is 11.5. The van der Waals surface area contributed by atoms with E-state index < -0.39 is 5.41 Å². The van der Waals surface area contributed by atoms with E-state index in [1.165, 1.54) is 12.1 Å². The van der Waals surface area contributed by atoms with Crippen LogP contribution in [0.2, 0.25) is 0 Å². The molecule has 1 fully saturated rings. The third-order valence-electron chi connectivity index (χ3n) is 6.72. The SMILES string of the molecule is CC(C)(C)c1cc2cc(NC(=O)C3(c4ccc(O)c(O)c4)CC3)ccc2n1CC(CO)CC#N. The number of phenols is 2. The molecule has 1 unspecified atom stereocenters. The van der Waals surface area contributed by atoms with Crippen molar-refractivity contribution < 1.29 is 20.1 Å². The summed E-state index contributed by atoms with van der Waals surface area (Å²) in [6, 6.07) is 14.6. The number of aliphatic hydroxyl groups excluding tert-OH is 1. The Kier molecular flexibility index (Phi) is 6.05. The first kappa shape index (κ1) is 23.7. The highest BCUT2D eigenvalue weighted by molar-refractivity contribution is 6.02. The summed E-state index contributed by atoms with van der Waals surface area (Å²) in [5.41, 5.74) is 2.61. The number of anilines is 1. The third-order valence-corrected chi connectivity index (χ3v) is 6.72. The Morgan fingerprint density at radius 1 is 1.15 bits per heavy atom. The summed E-state index contributed by atoms with van der Waals surface area (Å²) >= 11 is 0. The molecule has 2 aromatic carbocycles. The zero-order valence-electron chi connectivity index (χ0n) is 19.8. The second-order valence-electron chi connectivity index (χ2n) is 10.3. The van der Waals surface area contributed by atoms with E-state index >= 15 is 0 Å². The van der Waals surface area contributed by atoms with Crippen molar-refractivity contribution in [3.8, 4) is 17.6 Å². The van der Waals surface area contributed by atoms with Crippen molar-refractivity contribution in [1.82, 2.24) is 4.57 Å². The summed E-state index contributed by atoms with van der Waals surface area (Å²) in [6.45, 7) is 6.87. The zero-order valence-corrected chi connectivity index (χ0v) is 19.8. The quantitative estimate of drug-likeness (QED) is 0.385.